The Labute approximate surface area is 595 Å². The highest BCUT2D eigenvalue weighted by Gasteiger charge is 2.27. The molecule has 1 N–H and O–H groups in total. The standard InChI is InChI=1S/C86H154NO8P/c1-6-8-10-12-14-16-18-20-22-24-26-28-30-32-34-36-38-39-40-41-42-43-44-45-46-47-49-50-52-54-56-58-60-62-64-66-68-70-72-74-76-78-85(88)92-82-84(83-94-96(90,91)93-81-80-87(3,4)5)95-86(89)79-77-75-73-71-69-67-65-63-61-59-57-55-53-51-48-37-35-33-31-29-27-25-23-21-19-17-15-13-11-9-7-2/h9,11,15,17-18,20-21,23-24,26-27,29,33,35,48,51,55,57,84H,6-8,10,12-14,16,19,22,25,28,30-32,34,36-47,49-50,52-54,56,58-83H2,1-5H3/p+1/b11-9-,17-15-,20-18-,23-21-,26-24-,29-27-,35-33-,51-48-,57-55-. The molecular formula is C86H155NO8P+. The summed E-state index contributed by atoms with van der Waals surface area (Å²) in [5, 5.41) is 0. The minimum absolute atomic E-state index is 0.0277. The first kappa shape index (κ1) is 92.7. The summed E-state index contributed by atoms with van der Waals surface area (Å²) in [6, 6.07) is 0. The van der Waals surface area contributed by atoms with Crippen molar-refractivity contribution in [3.05, 3.63) is 109 Å². The third-order valence-electron chi connectivity index (χ3n) is 17.8. The van der Waals surface area contributed by atoms with Crippen LogP contribution in [0.15, 0.2) is 109 Å². The number of hydrogen-bond acceptors (Lipinski definition) is 7. The summed E-state index contributed by atoms with van der Waals surface area (Å²) >= 11 is 0. The fourth-order valence-corrected chi connectivity index (χ4v) is 12.4. The van der Waals surface area contributed by atoms with Crippen LogP contribution in [0.1, 0.15) is 373 Å². The number of phosphoric ester groups is 1. The van der Waals surface area contributed by atoms with Gasteiger partial charge in [0.05, 0.1) is 27.7 Å². The van der Waals surface area contributed by atoms with Crippen LogP contribution in [0.3, 0.4) is 0 Å². The highest BCUT2D eigenvalue weighted by molar-refractivity contribution is 7.47. The average molecular weight is 1360 g/mol. The van der Waals surface area contributed by atoms with Crippen LogP contribution < -0.4 is 0 Å². The van der Waals surface area contributed by atoms with Gasteiger partial charge in [-0.15, -0.1) is 0 Å². The zero-order valence-corrected chi connectivity index (χ0v) is 64.5. The molecule has 0 fully saturated rings. The first-order valence-electron chi connectivity index (χ1n) is 40.6. The number of quaternary nitrogens is 1. The van der Waals surface area contributed by atoms with Crippen molar-refractivity contribution in [2.75, 3.05) is 47.5 Å². The zero-order chi connectivity index (χ0) is 69.7. The first-order valence-corrected chi connectivity index (χ1v) is 42.1. The van der Waals surface area contributed by atoms with Crippen molar-refractivity contribution in [2.24, 2.45) is 0 Å². The van der Waals surface area contributed by atoms with Gasteiger partial charge in [-0.25, -0.2) is 4.57 Å². The third kappa shape index (κ3) is 79.7. The van der Waals surface area contributed by atoms with Crippen LogP contribution in [0.4, 0.5) is 0 Å². The lowest BCUT2D eigenvalue weighted by molar-refractivity contribution is -0.870. The van der Waals surface area contributed by atoms with Crippen molar-refractivity contribution in [1.82, 2.24) is 0 Å². The van der Waals surface area contributed by atoms with E-state index in [2.05, 4.69) is 123 Å². The molecule has 0 aliphatic rings. The van der Waals surface area contributed by atoms with Gasteiger partial charge in [-0.3, -0.25) is 18.6 Å². The summed E-state index contributed by atoms with van der Waals surface area (Å²) in [7, 11) is 1.48. The van der Waals surface area contributed by atoms with Gasteiger partial charge in [-0.1, -0.05) is 367 Å². The van der Waals surface area contributed by atoms with E-state index in [4.69, 9.17) is 18.5 Å². The summed E-state index contributed by atoms with van der Waals surface area (Å²) in [5.41, 5.74) is 0. The van der Waals surface area contributed by atoms with E-state index in [9.17, 15) is 19.0 Å². The summed E-state index contributed by atoms with van der Waals surface area (Å²) in [5.74, 6) is -0.794. The number of likely N-dealkylation sites (N-methyl/N-ethyl adjacent to an activating group) is 1. The van der Waals surface area contributed by atoms with Crippen molar-refractivity contribution in [3.8, 4) is 0 Å². The predicted octanol–water partition coefficient (Wildman–Crippen LogP) is 27.2. The lowest BCUT2D eigenvalue weighted by Gasteiger charge is -2.24. The van der Waals surface area contributed by atoms with Crippen LogP contribution in [-0.4, -0.2) is 74.9 Å². The SMILES string of the molecule is CC/C=C\C/C=C\C/C=C\C/C=C\C/C=C\C/C=C\C/C=C\CCCCCCCCCCCC(=O)OC(COC(=O)CCCCCCCCCCCCCCCCCCCCCCCCCCCCCCC/C=C\C/C=C\CCCCCCC)COP(=O)(O)OCC[N+](C)(C)C. The van der Waals surface area contributed by atoms with E-state index in [0.717, 1.165) is 96.3 Å². The molecule has 0 saturated carbocycles. The van der Waals surface area contributed by atoms with Crippen molar-refractivity contribution in [1.29, 1.82) is 0 Å². The van der Waals surface area contributed by atoms with Gasteiger partial charge < -0.3 is 18.9 Å². The maximum absolute atomic E-state index is 12.9. The first-order chi connectivity index (χ1) is 47.0. The molecule has 556 valence electrons. The Hall–Kier alpha value is -3.33. The average Bonchev–Trinajstić information content (AvgIpc) is 1.97. The Bertz CT molecular complexity index is 1990. The van der Waals surface area contributed by atoms with E-state index in [0.29, 0.717) is 17.4 Å². The number of nitrogens with zero attached hydrogens (tertiary/aromatic N) is 1. The Morgan fingerprint density at radius 3 is 0.885 bits per heavy atom. The number of phosphoric acid groups is 1. The number of allylic oxidation sites excluding steroid dienone is 18. The summed E-state index contributed by atoms with van der Waals surface area (Å²) in [6.45, 7) is 4.34. The number of esters is 2. The van der Waals surface area contributed by atoms with E-state index in [1.165, 1.54) is 244 Å². The van der Waals surface area contributed by atoms with E-state index in [1.807, 2.05) is 21.1 Å². The van der Waals surface area contributed by atoms with Crippen LogP contribution in [0.2, 0.25) is 0 Å². The molecule has 0 aromatic rings. The number of carbonyl (C=O) groups excluding carboxylic acids is 2. The number of ether oxygens (including phenoxy) is 2. The molecule has 0 amide bonds. The molecule has 0 rings (SSSR count). The van der Waals surface area contributed by atoms with Crippen molar-refractivity contribution < 1.29 is 42.1 Å². The van der Waals surface area contributed by atoms with Gasteiger partial charge >= 0.3 is 19.8 Å². The van der Waals surface area contributed by atoms with Gasteiger partial charge in [0.2, 0.25) is 0 Å². The molecule has 9 nitrogen and oxygen atoms in total. The monoisotopic (exact) mass is 1360 g/mol. The van der Waals surface area contributed by atoms with E-state index in [1.54, 1.807) is 0 Å². The van der Waals surface area contributed by atoms with E-state index >= 15 is 0 Å². The van der Waals surface area contributed by atoms with Crippen LogP contribution in [0.25, 0.3) is 0 Å². The number of rotatable bonds is 75. The normalized spacial score (nSPS) is 13.6. The minimum Gasteiger partial charge on any atom is -0.462 e. The Morgan fingerprint density at radius 2 is 0.594 bits per heavy atom. The predicted molar refractivity (Wildman–Crippen MR) is 418 cm³/mol. The van der Waals surface area contributed by atoms with Crippen molar-refractivity contribution in [2.45, 2.75) is 380 Å². The Morgan fingerprint density at radius 1 is 0.333 bits per heavy atom. The highest BCUT2D eigenvalue weighted by atomic mass is 31.2. The molecule has 0 aromatic carbocycles. The molecule has 0 radical (unpaired) electrons. The van der Waals surface area contributed by atoms with Gasteiger partial charge in [0, 0.05) is 12.8 Å². The van der Waals surface area contributed by atoms with Crippen LogP contribution in [0, 0.1) is 0 Å². The Balaban J connectivity index is 3.94. The third-order valence-corrected chi connectivity index (χ3v) is 18.8. The molecule has 0 aromatic heterocycles. The maximum Gasteiger partial charge on any atom is 0.472 e. The molecule has 0 saturated heterocycles. The largest absolute Gasteiger partial charge is 0.472 e. The second-order valence-corrected chi connectivity index (χ2v) is 29.9. The maximum atomic E-state index is 12.9. The van der Waals surface area contributed by atoms with Gasteiger partial charge in [0.15, 0.2) is 6.10 Å². The molecule has 10 heteroatoms. The van der Waals surface area contributed by atoms with E-state index < -0.39 is 26.5 Å². The second-order valence-electron chi connectivity index (χ2n) is 28.4. The molecule has 0 spiro atoms. The summed E-state index contributed by atoms with van der Waals surface area (Å²) in [4.78, 5) is 36.0. The number of hydrogen-bond donors (Lipinski definition) is 1. The molecule has 2 unspecified atom stereocenters. The Kier molecular flexibility index (Phi) is 73.2. The molecule has 96 heavy (non-hydrogen) atoms. The topological polar surface area (TPSA) is 108 Å². The van der Waals surface area contributed by atoms with E-state index in [-0.39, 0.29) is 32.0 Å². The fourth-order valence-electron chi connectivity index (χ4n) is 11.6. The van der Waals surface area contributed by atoms with Crippen molar-refractivity contribution in [3.63, 3.8) is 0 Å². The lowest BCUT2D eigenvalue weighted by atomic mass is 10.0. The molecule has 0 aliphatic carbocycles. The molecule has 2 atom stereocenters. The van der Waals surface area contributed by atoms with Crippen LogP contribution in [0.5, 0.6) is 0 Å². The molecular weight excluding hydrogens is 1210 g/mol. The molecule has 0 bridgehead atoms. The van der Waals surface area contributed by atoms with Gasteiger partial charge in [0.25, 0.3) is 0 Å². The lowest BCUT2D eigenvalue weighted by Crippen LogP contribution is -2.37. The van der Waals surface area contributed by atoms with Gasteiger partial charge in [-0.05, 0) is 103 Å². The van der Waals surface area contributed by atoms with Crippen LogP contribution >= 0.6 is 7.82 Å². The van der Waals surface area contributed by atoms with Crippen LogP contribution in [-0.2, 0) is 32.7 Å². The number of carbonyl (C=O) groups is 2. The number of unbranched alkanes of at least 4 members (excludes halogenated alkanes) is 43. The highest BCUT2D eigenvalue weighted by Crippen LogP contribution is 2.43. The molecule has 0 aliphatic heterocycles. The second kappa shape index (κ2) is 75.9. The van der Waals surface area contributed by atoms with Crippen molar-refractivity contribution >= 4 is 19.8 Å². The summed E-state index contributed by atoms with van der Waals surface area (Å²) < 4.78 is 34.8. The fraction of sp³-hybridized carbons (Fsp3) is 0.767. The smallest absolute Gasteiger partial charge is 0.462 e. The minimum atomic E-state index is -4.40. The summed E-state index contributed by atoms with van der Waals surface area (Å²) in [6.07, 6.45) is 108. The van der Waals surface area contributed by atoms with Gasteiger partial charge in [0.1, 0.15) is 19.8 Å². The quantitative estimate of drug-likeness (QED) is 0.0211. The van der Waals surface area contributed by atoms with Gasteiger partial charge in [-0.2, -0.15) is 0 Å². The zero-order valence-electron chi connectivity index (χ0n) is 63.6. The molecule has 0 heterocycles.